The minimum atomic E-state index is -0.651. The maximum atomic E-state index is 12.8. The Bertz CT molecular complexity index is 1050. The summed E-state index contributed by atoms with van der Waals surface area (Å²) in [5.74, 6) is 3.03. The van der Waals surface area contributed by atoms with Gasteiger partial charge in [0.05, 0.1) is 18.2 Å². The third-order valence-electron chi connectivity index (χ3n) is 10.3. The van der Waals surface area contributed by atoms with Crippen molar-refractivity contribution in [2.24, 2.45) is 47.3 Å². The van der Waals surface area contributed by atoms with E-state index in [2.05, 4.69) is 24.5 Å². The molecule has 194 valence electrons. The zero-order valence-corrected chi connectivity index (χ0v) is 21.2. The van der Waals surface area contributed by atoms with Crippen molar-refractivity contribution in [2.75, 3.05) is 6.54 Å². The van der Waals surface area contributed by atoms with Gasteiger partial charge in [0.15, 0.2) is 5.78 Å². The van der Waals surface area contributed by atoms with Crippen molar-refractivity contribution in [3.8, 4) is 0 Å². The van der Waals surface area contributed by atoms with Gasteiger partial charge in [0.1, 0.15) is 11.3 Å². The number of carbonyl (C=O) groups is 3. The van der Waals surface area contributed by atoms with Crippen molar-refractivity contribution in [3.05, 3.63) is 35.6 Å². The zero-order chi connectivity index (χ0) is 25.1. The number of ether oxygens (including phenoxy) is 1. The third kappa shape index (κ3) is 3.85. The molecule has 3 aliphatic heterocycles. The molecule has 2 bridgehead atoms. The molecule has 7 heteroatoms. The lowest BCUT2D eigenvalue weighted by molar-refractivity contribution is -0.118. The Morgan fingerprint density at radius 2 is 1.83 bits per heavy atom. The predicted octanol–water partition coefficient (Wildman–Crippen LogP) is 3.23. The van der Waals surface area contributed by atoms with E-state index in [0.29, 0.717) is 67.1 Å². The van der Waals surface area contributed by atoms with Gasteiger partial charge in [-0.1, -0.05) is 32.4 Å². The molecule has 6 rings (SSSR count). The highest BCUT2D eigenvalue weighted by Crippen LogP contribution is 2.66. The number of carbonyl (C=O) groups excluding carboxylic acids is 3. The van der Waals surface area contributed by atoms with Gasteiger partial charge in [0, 0.05) is 6.54 Å². The second-order valence-corrected chi connectivity index (χ2v) is 12.0. The molecule has 0 aromatic carbocycles. The lowest BCUT2D eigenvalue weighted by Gasteiger charge is -2.36. The number of amides is 2. The summed E-state index contributed by atoms with van der Waals surface area (Å²) in [4.78, 5) is 37.7. The average Bonchev–Trinajstić information content (AvgIpc) is 3.32. The van der Waals surface area contributed by atoms with Gasteiger partial charge in [-0.05, 0) is 91.6 Å². The molecule has 3 saturated carbocycles. The molecule has 0 spiro atoms. The van der Waals surface area contributed by atoms with Gasteiger partial charge in [-0.2, -0.15) is 0 Å². The molecule has 3 N–H and O–H groups in total. The Kier molecular flexibility index (Phi) is 6.09. The van der Waals surface area contributed by atoms with E-state index in [9.17, 15) is 19.5 Å². The number of fused-ring (bicyclic) bond motifs is 10. The molecule has 6 aliphatic rings. The molecule has 36 heavy (non-hydrogen) atoms. The first kappa shape index (κ1) is 24.0. The van der Waals surface area contributed by atoms with Crippen molar-refractivity contribution < 1.29 is 24.2 Å². The highest BCUT2D eigenvalue weighted by atomic mass is 16.6. The standard InChI is InChI=1S/C29H38N2O5/c1-3-16-14(2)12-18-19-13-15-9-10-21(32)25-26(34)20(31-29(25)35)7-5-11-30-22(33)8-4-6-17(15)24(19)28-27(36-28)23(16)18/h4,8-10,14-20,23-24,27-28,32H,3,5-7,11-13H2,1-2H3,(H,30,33)(H,31,35)/b8-4?,10-9+,25-21?. The number of hydrogen-bond donors (Lipinski definition) is 3. The first-order chi connectivity index (χ1) is 17.4. The van der Waals surface area contributed by atoms with E-state index in [-0.39, 0.29) is 28.9 Å². The number of aliphatic hydroxyl groups excluding tert-OH is 1. The lowest BCUT2D eigenvalue weighted by Crippen LogP contribution is -2.39. The van der Waals surface area contributed by atoms with Crippen LogP contribution in [0.3, 0.4) is 0 Å². The van der Waals surface area contributed by atoms with Gasteiger partial charge in [0.25, 0.3) is 5.91 Å². The number of hydrogen-bond acceptors (Lipinski definition) is 5. The van der Waals surface area contributed by atoms with Crippen LogP contribution in [0.15, 0.2) is 35.6 Å². The fourth-order valence-corrected chi connectivity index (χ4v) is 8.82. The molecule has 5 fully saturated rings. The number of rotatable bonds is 1. The number of epoxide rings is 1. The van der Waals surface area contributed by atoms with E-state index >= 15 is 0 Å². The van der Waals surface area contributed by atoms with Crippen molar-refractivity contribution in [1.29, 1.82) is 0 Å². The first-order valence-electron chi connectivity index (χ1n) is 13.9. The van der Waals surface area contributed by atoms with Crippen LogP contribution in [0.1, 0.15) is 52.4 Å². The van der Waals surface area contributed by atoms with Gasteiger partial charge in [-0.15, -0.1) is 0 Å². The molecular weight excluding hydrogens is 456 g/mol. The molecule has 0 aromatic rings. The minimum Gasteiger partial charge on any atom is -0.507 e. The van der Waals surface area contributed by atoms with Crippen molar-refractivity contribution in [3.63, 3.8) is 0 Å². The van der Waals surface area contributed by atoms with Gasteiger partial charge in [-0.3, -0.25) is 14.4 Å². The topological polar surface area (TPSA) is 108 Å². The molecule has 11 atom stereocenters. The molecular formula is C29H38N2O5. The lowest BCUT2D eigenvalue weighted by atomic mass is 9.65. The Hall–Kier alpha value is -2.41. The molecule has 0 aromatic heterocycles. The van der Waals surface area contributed by atoms with Crippen molar-refractivity contribution >= 4 is 17.6 Å². The van der Waals surface area contributed by atoms with Crippen molar-refractivity contribution in [1.82, 2.24) is 10.6 Å². The fourth-order valence-electron chi connectivity index (χ4n) is 8.82. The van der Waals surface area contributed by atoms with Crippen LogP contribution in [0.4, 0.5) is 0 Å². The Balaban J connectivity index is 1.32. The summed E-state index contributed by atoms with van der Waals surface area (Å²) in [5, 5.41) is 16.4. The smallest absolute Gasteiger partial charge is 0.259 e. The van der Waals surface area contributed by atoms with Gasteiger partial charge < -0.3 is 20.5 Å². The SMILES string of the molecule is CCC1C(C)CC2C3CC4/C=C/C(O)=C5C(=O)NC(CCCNC(=O)C=CCC4C3C3OC3C12)C5=O. The van der Waals surface area contributed by atoms with E-state index in [1.165, 1.54) is 12.8 Å². The van der Waals surface area contributed by atoms with E-state index in [4.69, 9.17) is 4.74 Å². The summed E-state index contributed by atoms with van der Waals surface area (Å²) in [7, 11) is 0. The van der Waals surface area contributed by atoms with Gasteiger partial charge in [-0.25, -0.2) is 0 Å². The van der Waals surface area contributed by atoms with Crippen LogP contribution in [0.5, 0.6) is 0 Å². The summed E-state index contributed by atoms with van der Waals surface area (Å²) < 4.78 is 6.40. The van der Waals surface area contributed by atoms with Crippen LogP contribution in [0.25, 0.3) is 0 Å². The molecule has 11 unspecified atom stereocenters. The highest BCUT2D eigenvalue weighted by Gasteiger charge is 2.67. The number of Topliss-reactive ketones (excluding diaryl/α,β-unsaturated/α-hetero) is 1. The van der Waals surface area contributed by atoms with E-state index < -0.39 is 11.9 Å². The summed E-state index contributed by atoms with van der Waals surface area (Å²) in [6.45, 7) is 5.14. The third-order valence-corrected chi connectivity index (χ3v) is 10.3. The van der Waals surface area contributed by atoms with Crippen LogP contribution < -0.4 is 10.6 Å². The van der Waals surface area contributed by atoms with E-state index in [0.717, 1.165) is 18.8 Å². The first-order valence-corrected chi connectivity index (χ1v) is 13.9. The summed E-state index contributed by atoms with van der Waals surface area (Å²) in [5.41, 5.74) is -0.139. The van der Waals surface area contributed by atoms with Crippen LogP contribution in [0, 0.1) is 47.3 Å². The van der Waals surface area contributed by atoms with Crippen LogP contribution in [0.2, 0.25) is 0 Å². The zero-order valence-electron chi connectivity index (χ0n) is 21.2. The second kappa shape index (κ2) is 9.16. The number of nitrogens with one attached hydrogen (secondary N) is 2. The Labute approximate surface area is 212 Å². The molecule has 3 aliphatic carbocycles. The van der Waals surface area contributed by atoms with E-state index in [1.807, 2.05) is 12.2 Å². The maximum absolute atomic E-state index is 12.8. The van der Waals surface area contributed by atoms with Gasteiger partial charge >= 0.3 is 0 Å². The van der Waals surface area contributed by atoms with Crippen LogP contribution in [-0.2, 0) is 19.1 Å². The molecule has 0 radical (unpaired) electrons. The van der Waals surface area contributed by atoms with Crippen LogP contribution in [-0.4, -0.2) is 47.5 Å². The molecule has 2 saturated heterocycles. The fraction of sp³-hybridized carbons (Fsp3) is 0.690. The molecule has 2 amide bonds. The molecule has 3 heterocycles. The monoisotopic (exact) mass is 494 g/mol. The quantitative estimate of drug-likeness (QED) is 0.383. The number of ketones is 1. The largest absolute Gasteiger partial charge is 0.507 e. The Morgan fingerprint density at radius 3 is 2.64 bits per heavy atom. The van der Waals surface area contributed by atoms with Crippen molar-refractivity contribution in [2.45, 2.75) is 70.6 Å². The second-order valence-electron chi connectivity index (χ2n) is 12.0. The van der Waals surface area contributed by atoms with Gasteiger partial charge in [0.2, 0.25) is 5.91 Å². The minimum absolute atomic E-state index is 0.122. The number of aliphatic hydroxyl groups is 1. The average molecular weight is 495 g/mol. The van der Waals surface area contributed by atoms with Crippen LogP contribution >= 0.6 is 0 Å². The highest BCUT2D eigenvalue weighted by molar-refractivity contribution is 6.27. The predicted molar refractivity (Wildman–Crippen MR) is 134 cm³/mol. The van der Waals surface area contributed by atoms with E-state index in [1.54, 1.807) is 12.2 Å². The summed E-state index contributed by atoms with van der Waals surface area (Å²) in [6.07, 6.45) is 13.1. The summed E-state index contributed by atoms with van der Waals surface area (Å²) >= 11 is 0. The number of allylic oxidation sites excluding steroid dienone is 3. The Morgan fingerprint density at radius 1 is 1.06 bits per heavy atom. The normalized spacial score (nSPS) is 46.9. The molecule has 7 nitrogen and oxygen atoms in total. The maximum Gasteiger partial charge on any atom is 0.259 e. The summed E-state index contributed by atoms with van der Waals surface area (Å²) in [6, 6.07) is -0.651.